The molecular formula is C13H20N2O5S. The van der Waals surface area contributed by atoms with Gasteiger partial charge in [0.1, 0.15) is 0 Å². The molecule has 0 heterocycles. The highest BCUT2D eigenvalue weighted by Gasteiger charge is 2.28. The molecule has 0 atom stereocenters. The maximum absolute atomic E-state index is 12.4. The van der Waals surface area contributed by atoms with Crippen LogP contribution >= 0.6 is 0 Å². The Morgan fingerprint density at radius 1 is 1.29 bits per heavy atom. The minimum Gasteiger partial charge on any atom is -0.389 e. The molecule has 0 radical (unpaired) electrons. The normalized spacial score (nSPS) is 12.5. The number of nitrogens with one attached hydrogen (secondary N) is 1. The van der Waals surface area contributed by atoms with E-state index in [0.717, 1.165) is 0 Å². The van der Waals surface area contributed by atoms with Crippen molar-refractivity contribution >= 4 is 15.7 Å². The molecule has 7 nitrogen and oxygen atoms in total. The van der Waals surface area contributed by atoms with Gasteiger partial charge in [0.05, 0.1) is 15.4 Å². The average Bonchev–Trinajstić information content (AvgIpc) is 2.23. The number of benzene rings is 1. The van der Waals surface area contributed by atoms with Crippen molar-refractivity contribution < 1.29 is 18.4 Å². The van der Waals surface area contributed by atoms with Crippen molar-refractivity contribution in [2.75, 3.05) is 6.54 Å². The van der Waals surface area contributed by atoms with E-state index in [-0.39, 0.29) is 22.7 Å². The van der Waals surface area contributed by atoms with Gasteiger partial charge >= 0.3 is 0 Å². The van der Waals surface area contributed by atoms with Crippen molar-refractivity contribution in [3.8, 4) is 0 Å². The molecule has 0 aliphatic carbocycles. The van der Waals surface area contributed by atoms with Gasteiger partial charge in [-0.25, -0.2) is 13.1 Å². The standard InChI is InChI=1S/C13H20N2O5S/c1-8-6-9(2)12(10(3)11(8)15(17)18)21(19,20)14-7-13(4,5)16/h6,14,16H,7H2,1-5H3. The Bertz CT molecular complexity index is 675. The molecule has 1 aromatic rings. The third kappa shape index (κ3) is 3.99. The first-order chi connectivity index (χ1) is 9.37. The molecule has 1 rings (SSSR count). The molecule has 0 spiro atoms. The molecule has 118 valence electrons. The quantitative estimate of drug-likeness (QED) is 0.633. The van der Waals surface area contributed by atoms with Crippen molar-refractivity contribution in [3.63, 3.8) is 0 Å². The lowest BCUT2D eigenvalue weighted by Gasteiger charge is -2.19. The Morgan fingerprint density at radius 3 is 2.24 bits per heavy atom. The van der Waals surface area contributed by atoms with Crippen LogP contribution in [0.2, 0.25) is 0 Å². The summed E-state index contributed by atoms with van der Waals surface area (Å²) in [4.78, 5) is 10.4. The minimum absolute atomic E-state index is 0.0979. The fourth-order valence-electron chi connectivity index (χ4n) is 2.20. The summed E-state index contributed by atoms with van der Waals surface area (Å²) in [6, 6.07) is 1.48. The number of hydrogen-bond donors (Lipinski definition) is 2. The fraction of sp³-hybridized carbons (Fsp3) is 0.538. The van der Waals surface area contributed by atoms with Crippen molar-refractivity contribution in [1.82, 2.24) is 4.72 Å². The predicted octanol–water partition coefficient (Wildman–Crippen LogP) is 1.57. The molecule has 0 aromatic heterocycles. The Hall–Kier alpha value is -1.51. The van der Waals surface area contributed by atoms with Crippen LogP contribution in [0.25, 0.3) is 0 Å². The van der Waals surface area contributed by atoms with Gasteiger partial charge in [0.15, 0.2) is 0 Å². The summed E-state index contributed by atoms with van der Waals surface area (Å²) in [6.07, 6.45) is 0. The molecule has 0 unspecified atom stereocenters. The predicted molar refractivity (Wildman–Crippen MR) is 78.8 cm³/mol. The van der Waals surface area contributed by atoms with E-state index in [2.05, 4.69) is 4.72 Å². The minimum atomic E-state index is -3.94. The topological polar surface area (TPSA) is 110 Å². The van der Waals surface area contributed by atoms with Crippen LogP contribution in [0.1, 0.15) is 30.5 Å². The lowest BCUT2D eigenvalue weighted by molar-refractivity contribution is -0.386. The number of aryl methyl sites for hydroxylation is 2. The van der Waals surface area contributed by atoms with Gasteiger partial charge in [0.2, 0.25) is 10.0 Å². The SMILES string of the molecule is Cc1cc(C)c(S(=O)(=O)NCC(C)(C)O)c(C)c1[N+](=O)[O-]. The summed E-state index contributed by atoms with van der Waals surface area (Å²) in [5.74, 6) is 0. The molecule has 1 aromatic carbocycles. The summed E-state index contributed by atoms with van der Waals surface area (Å²) in [7, 11) is -3.94. The third-order valence-corrected chi connectivity index (χ3v) is 4.70. The van der Waals surface area contributed by atoms with Gasteiger partial charge in [0, 0.05) is 17.7 Å². The monoisotopic (exact) mass is 316 g/mol. The van der Waals surface area contributed by atoms with E-state index in [9.17, 15) is 23.6 Å². The highest BCUT2D eigenvalue weighted by molar-refractivity contribution is 7.89. The van der Waals surface area contributed by atoms with Gasteiger partial charge in [0.25, 0.3) is 5.69 Å². The number of nitrogens with zero attached hydrogens (tertiary/aromatic N) is 1. The van der Waals surface area contributed by atoms with E-state index < -0.39 is 20.5 Å². The van der Waals surface area contributed by atoms with Gasteiger partial charge in [-0.05, 0) is 46.2 Å². The Morgan fingerprint density at radius 2 is 1.81 bits per heavy atom. The first-order valence-electron chi connectivity index (χ1n) is 6.34. The molecule has 0 aliphatic rings. The highest BCUT2D eigenvalue weighted by atomic mass is 32.2. The van der Waals surface area contributed by atoms with Gasteiger partial charge < -0.3 is 5.11 Å². The number of nitro benzene ring substituents is 1. The summed E-state index contributed by atoms with van der Waals surface area (Å²) >= 11 is 0. The van der Waals surface area contributed by atoms with Crippen molar-refractivity contribution in [3.05, 3.63) is 32.9 Å². The van der Waals surface area contributed by atoms with Crippen molar-refractivity contribution in [1.29, 1.82) is 0 Å². The van der Waals surface area contributed by atoms with E-state index in [1.165, 1.54) is 26.8 Å². The van der Waals surface area contributed by atoms with Crippen LogP contribution in [-0.2, 0) is 10.0 Å². The first-order valence-corrected chi connectivity index (χ1v) is 7.82. The summed E-state index contributed by atoms with van der Waals surface area (Å²) in [5, 5.41) is 20.7. The van der Waals surface area contributed by atoms with E-state index in [1.54, 1.807) is 13.8 Å². The summed E-state index contributed by atoms with van der Waals surface area (Å²) in [5.41, 5.74) is -0.480. The first kappa shape index (κ1) is 17.5. The van der Waals surface area contributed by atoms with E-state index in [1.807, 2.05) is 0 Å². The third-order valence-electron chi connectivity index (χ3n) is 3.01. The lowest BCUT2D eigenvalue weighted by atomic mass is 10.1. The molecule has 0 saturated heterocycles. The highest BCUT2D eigenvalue weighted by Crippen LogP contribution is 2.31. The maximum atomic E-state index is 12.4. The Labute approximate surface area is 124 Å². The second-order valence-corrected chi connectivity index (χ2v) is 7.41. The molecule has 0 saturated carbocycles. The second-order valence-electron chi connectivity index (χ2n) is 5.71. The molecule has 0 fully saturated rings. The summed E-state index contributed by atoms with van der Waals surface area (Å²) < 4.78 is 27.0. The van der Waals surface area contributed by atoms with Crippen LogP contribution in [0.4, 0.5) is 5.69 Å². The van der Waals surface area contributed by atoms with Crippen LogP contribution in [-0.4, -0.2) is 30.6 Å². The molecule has 0 bridgehead atoms. The van der Waals surface area contributed by atoms with Crippen molar-refractivity contribution in [2.24, 2.45) is 0 Å². The van der Waals surface area contributed by atoms with Crippen LogP contribution < -0.4 is 4.72 Å². The van der Waals surface area contributed by atoms with Gasteiger partial charge in [-0.3, -0.25) is 10.1 Å². The number of aliphatic hydroxyl groups is 1. The van der Waals surface area contributed by atoms with Crippen LogP contribution in [0, 0.1) is 30.9 Å². The molecule has 0 aliphatic heterocycles. The van der Waals surface area contributed by atoms with Crippen LogP contribution in [0.15, 0.2) is 11.0 Å². The molecule has 8 heteroatoms. The number of nitro groups is 1. The smallest absolute Gasteiger partial charge is 0.276 e. The van der Waals surface area contributed by atoms with E-state index in [0.29, 0.717) is 11.1 Å². The molecule has 21 heavy (non-hydrogen) atoms. The van der Waals surface area contributed by atoms with Crippen molar-refractivity contribution in [2.45, 2.75) is 45.1 Å². The number of rotatable bonds is 5. The summed E-state index contributed by atoms with van der Waals surface area (Å²) in [6.45, 7) is 7.31. The average molecular weight is 316 g/mol. The van der Waals surface area contributed by atoms with E-state index >= 15 is 0 Å². The lowest BCUT2D eigenvalue weighted by Crippen LogP contribution is -2.38. The van der Waals surface area contributed by atoms with Gasteiger partial charge in [-0.1, -0.05) is 0 Å². The largest absolute Gasteiger partial charge is 0.389 e. The number of sulfonamides is 1. The molecule has 2 N–H and O–H groups in total. The van der Waals surface area contributed by atoms with E-state index in [4.69, 9.17) is 0 Å². The van der Waals surface area contributed by atoms with Crippen LogP contribution in [0.5, 0.6) is 0 Å². The number of hydrogen-bond acceptors (Lipinski definition) is 5. The van der Waals surface area contributed by atoms with Gasteiger partial charge in [-0.2, -0.15) is 0 Å². The Balaban J connectivity index is 3.43. The zero-order chi connectivity index (χ0) is 16.6. The maximum Gasteiger partial charge on any atom is 0.276 e. The molecule has 0 amide bonds. The zero-order valence-corrected chi connectivity index (χ0v) is 13.5. The fourth-order valence-corrected chi connectivity index (χ4v) is 3.87. The zero-order valence-electron chi connectivity index (χ0n) is 12.7. The second kappa shape index (κ2) is 5.70. The van der Waals surface area contributed by atoms with Gasteiger partial charge in [-0.15, -0.1) is 0 Å². The Kier molecular flexibility index (Phi) is 4.76. The molecular weight excluding hydrogens is 296 g/mol. The van der Waals surface area contributed by atoms with Crippen LogP contribution in [0.3, 0.4) is 0 Å².